The third-order valence-electron chi connectivity index (χ3n) is 3.97. The van der Waals surface area contributed by atoms with Crippen molar-refractivity contribution in [3.8, 4) is 10.6 Å². The second-order valence-electron chi connectivity index (χ2n) is 5.44. The quantitative estimate of drug-likeness (QED) is 0.909. The third kappa shape index (κ3) is 2.74. The van der Waals surface area contributed by atoms with Crippen molar-refractivity contribution in [2.24, 2.45) is 0 Å². The number of carboxylic acid groups (broad SMARTS) is 1. The van der Waals surface area contributed by atoms with Gasteiger partial charge in [-0.15, -0.1) is 11.3 Å². The molecule has 6 heteroatoms. The second kappa shape index (κ2) is 5.88. The van der Waals surface area contributed by atoms with E-state index in [1.165, 1.54) is 17.5 Å². The molecule has 2 N–H and O–H groups in total. The molecule has 2 aromatic rings. The summed E-state index contributed by atoms with van der Waals surface area (Å²) in [6.07, 6.45) is 4.12. The van der Waals surface area contributed by atoms with Crippen molar-refractivity contribution >= 4 is 23.2 Å². The molecule has 0 spiro atoms. The summed E-state index contributed by atoms with van der Waals surface area (Å²) in [6, 6.07) is 9.59. The molecular weight excluding hydrogens is 300 g/mol. The van der Waals surface area contributed by atoms with Gasteiger partial charge in [0.25, 0.3) is 5.91 Å². The first-order valence-corrected chi connectivity index (χ1v) is 7.99. The maximum Gasteiger partial charge on any atom is 0.329 e. The maximum atomic E-state index is 12.4. The van der Waals surface area contributed by atoms with Crippen molar-refractivity contribution in [1.82, 2.24) is 10.3 Å². The molecule has 0 atom stereocenters. The summed E-state index contributed by atoms with van der Waals surface area (Å²) in [4.78, 5) is 28.5. The van der Waals surface area contributed by atoms with Gasteiger partial charge in [0, 0.05) is 5.56 Å². The fourth-order valence-electron chi connectivity index (χ4n) is 2.74. The number of amides is 1. The van der Waals surface area contributed by atoms with Gasteiger partial charge in [0.1, 0.15) is 15.4 Å². The number of carbonyl (C=O) groups is 2. The zero-order chi connectivity index (χ0) is 15.6. The Balaban J connectivity index is 1.79. The molecule has 3 rings (SSSR count). The predicted molar refractivity (Wildman–Crippen MR) is 83.9 cm³/mol. The third-order valence-corrected chi connectivity index (χ3v) is 5.01. The number of nitrogens with zero attached hydrogens (tertiary/aromatic N) is 1. The van der Waals surface area contributed by atoms with Crippen LogP contribution >= 0.6 is 11.3 Å². The van der Waals surface area contributed by atoms with Gasteiger partial charge in [-0.1, -0.05) is 43.2 Å². The second-order valence-corrected chi connectivity index (χ2v) is 6.47. The van der Waals surface area contributed by atoms with Gasteiger partial charge >= 0.3 is 5.97 Å². The molecule has 1 aliphatic carbocycles. The SMILES string of the molecule is O=C(NC1(C(=O)O)CCCC1)c1cnc(-c2ccccc2)s1. The Labute approximate surface area is 132 Å². The van der Waals surface area contributed by atoms with Crippen LogP contribution in [0.3, 0.4) is 0 Å². The average molecular weight is 316 g/mol. The summed E-state index contributed by atoms with van der Waals surface area (Å²) in [7, 11) is 0. The van der Waals surface area contributed by atoms with E-state index in [1.54, 1.807) is 0 Å². The summed E-state index contributed by atoms with van der Waals surface area (Å²) in [5, 5.41) is 12.9. The molecule has 1 aromatic carbocycles. The number of aromatic nitrogens is 1. The van der Waals surface area contributed by atoms with Crippen molar-refractivity contribution < 1.29 is 14.7 Å². The Hall–Kier alpha value is -2.21. The monoisotopic (exact) mass is 316 g/mol. The molecule has 1 saturated carbocycles. The Morgan fingerprint density at radius 3 is 2.50 bits per heavy atom. The molecule has 1 aliphatic rings. The lowest BCUT2D eigenvalue weighted by atomic mass is 9.98. The number of thiazole rings is 1. The summed E-state index contributed by atoms with van der Waals surface area (Å²) in [6.45, 7) is 0. The van der Waals surface area contributed by atoms with Crippen molar-refractivity contribution in [2.45, 2.75) is 31.2 Å². The molecule has 5 nitrogen and oxygen atoms in total. The average Bonchev–Trinajstić information content (AvgIpc) is 3.18. The zero-order valence-electron chi connectivity index (χ0n) is 11.9. The Bertz CT molecular complexity index is 690. The highest BCUT2D eigenvalue weighted by atomic mass is 32.1. The van der Waals surface area contributed by atoms with Gasteiger partial charge in [-0.3, -0.25) is 4.79 Å². The van der Waals surface area contributed by atoms with Gasteiger partial charge in [0.2, 0.25) is 0 Å². The lowest BCUT2D eigenvalue weighted by Crippen LogP contribution is -2.52. The molecule has 114 valence electrons. The number of carboxylic acids is 1. The Morgan fingerprint density at radius 2 is 1.86 bits per heavy atom. The van der Waals surface area contributed by atoms with Crippen LogP contribution in [0, 0.1) is 0 Å². The number of benzene rings is 1. The van der Waals surface area contributed by atoms with E-state index in [4.69, 9.17) is 0 Å². The van der Waals surface area contributed by atoms with E-state index in [2.05, 4.69) is 10.3 Å². The molecule has 1 heterocycles. The number of aliphatic carboxylic acids is 1. The van der Waals surface area contributed by atoms with Crippen LogP contribution in [0.15, 0.2) is 36.5 Å². The summed E-state index contributed by atoms with van der Waals surface area (Å²) < 4.78 is 0. The van der Waals surface area contributed by atoms with Gasteiger partial charge < -0.3 is 10.4 Å². The number of hydrogen-bond donors (Lipinski definition) is 2. The van der Waals surface area contributed by atoms with E-state index in [0.717, 1.165) is 23.4 Å². The molecule has 0 unspecified atom stereocenters. The normalized spacial score (nSPS) is 16.4. The van der Waals surface area contributed by atoms with Crippen molar-refractivity contribution in [1.29, 1.82) is 0 Å². The van der Waals surface area contributed by atoms with Gasteiger partial charge in [0.15, 0.2) is 0 Å². The van der Waals surface area contributed by atoms with E-state index in [1.807, 2.05) is 30.3 Å². The molecule has 1 aromatic heterocycles. The minimum Gasteiger partial charge on any atom is -0.480 e. The number of carbonyl (C=O) groups excluding carboxylic acids is 1. The maximum absolute atomic E-state index is 12.4. The summed E-state index contributed by atoms with van der Waals surface area (Å²) in [5.74, 6) is -1.31. The molecule has 0 aliphatic heterocycles. The molecule has 22 heavy (non-hydrogen) atoms. The van der Waals surface area contributed by atoms with E-state index >= 15 is 0 Å². The van der Waals surface area contributed by atoms with Crippen molar-refractivity contribution in [3.63, 3.8) is 0 Å². The molecular formula is C16H16N2O3S. The largest absolute Gasteiger partial charge is 0.480 e. The molecule has 0 saturated heterocycles. The highest BCUT2D eigenvalue weighted by molar-refractivity contribution is 7.16. The summed E-state index contributed by atoms with van der Waals surface area (Å²) in [5.41, 5.74) is -0.172. The van der Waals surface area contributed by atoms with Crippen LogP contribution in [-0.4, -0.2) is 27.5 Å². The predicted octanol–water partition coefficient (Wildman–Crippen LogP) is 2.94. The molecule has 0 radical (unpaired) electrons. The van der Waals surface area contributed by atoms with E-state index in [-0.39, 0.29) is 5.91 Å². The Kier molecular flexibility index (Phi) is 3.94. The fraction of sp³-hybridized carbons (Fsp3) is 0.312. The zero-order valence-corrected chi connectivity index (χ0v) is 12.7. The van der Waals surface area contributed by atoms with Crippen LogP contribution in [0.1, 0.15) is 35.4 Å². The van der Waals surface area contributed by atoms with E-state index < -0.39 is 11.5 Å². The van der Waals surface area contributed by atoms with Crippen LogP contribution in [0.5, 0.6) is 0 Å². The lowest BCUT2D eigenvalue weighted by Gasteiger charge is -2.24. The van der Waals surface area contributed by atoms with Crippen LogP contribution in [-0.2, 0) is 4.79 Å². The van der Waals surface area contributed by atoms with Crippen molar-refractivity contribution in [2.75, 3.05) is 0 Å². The van der Waals surface area contributed by atoms with Crippen molar-refractivity contribution in [3.05, 3.63) is 41.4 Å². The molecule has 1 fully saturated rings. The lowest BCUT2D eigenvalue weighted by molar-refractivity contribution is -0.144. The molecule has 1 amide bonds. The first kappa shape index (κ1) is 14.7. The van der Waals surface area contributed by atoms with Crippen LogP contribution in [0.2, 0.25) is 0 Å². The van der Waals surface area contributed by atoms with E-state index in [9.17, 15) is 14.7 Å². The minimum absolute atomic E-state index is 0.357. The topological polar surface area (TPSA) is 79.3 Å². The van der Waals surface area contributed by atoms with Gasteiger partial charge in [-0.2, -0.15) is 0 Å². The first-order valence-electron chi connectivity index (χ1n) is 7.18. The number of rotatable bonds is 4. The highest BCUT2D eigenvalue weighted by Crippen LogP contribution is 2.31. The number of nitrogens with one attached hydrogen (secondary N) is 1. The van der Waals surface area contributed by atoms with Gasteiger partial charge in [0.05, 0.1) is 6.20 Å². The molecule has 0 bridgehead atoms. The van der Waals surface area contributed by atoms with Gasteiger partial charge in [-0.05, 0) is 12.8 Å². The standard InChI is InChI=1S/C16H16N2O3S/c19-13(18-16(15(20)21)8-4-5-9-16)12-10-17-14(22-12)11-6-2-1-3-7-11/h1-3,6-7,10H,4-5,8-9H2,(H,18,19)(H,20,21). The summed E-state index contributed by atoms with van der Waals surface area (Å²) >= 11 is 1.27. The smallest absolute Gasteiger partial charge is 0.329 e. The van der Waals surface area contributed by atoms with Gasteiger partial charge in [-0.25, -0.2) is 9.78 Å². The van der Waals surface area contributed by atoms with Crippen LogP contribution < -0.4 is 5.32 Å². The minimum atomic E-state index is -1.12. The van der Waals surface area contributed by atoms with Crippen LogP contribution in [0.25, 0.3) is 10.6 Å². The van der Waals surface area contributed by atoms with E-state index in [0.29, 0.717) is 17.7 Å². The first-order chi connectivity index (χ1) is 10.6. The number of hydrogen-bond acceptors (Lipinski definition) is 4. The van der Waals surface area contributed by atoms with Crippen LogP contribution in [0.4, 0.5) is 0 Å². The fourth-order valence-corrected chi connectivity index (χ4v) is 3.56. The highest BCUT2D eigenvalue weighted by Gasteiger charge is 2.42. The Morgan fingerprint density at radius 1 is 1.18 bits per heavy atom.